The molecule has 1 atom stereocenters. The van der Waals surface area contributed by atoms with Crippen LogP contribution in [0.2, 0.25) is 0 Å². The van der Waals surface area contributed by atoms with Crippen LogP contribution in [0.1, 0.15) is 25.8 Å². The highest BCUT2D eigenvalue weighted by atomic mass is 16.5. The van der Waals surface area contributed by atoms with Gasteiger partial charge in [0.15, 0.2) is 0 Å². The van der Waals surface area contributed by atoms with Crippen LogP contribution in [-0.2, 0) is 14.3 Å². The van der Waals surface area contributed by atoms with E-state index in [1.54, 1.807) is 6.92 Å². The van der Waals surface area contributed by atoms with Crippen LogP contribution in [0.25, 0.3) is 0 Å². The number of aryl methyl sites for hydroxylation is 1. The molecule has 0 aliphatic carbocycles. The highest BCUT2D eigenvalue weighted by Crippen LogP contribution is 2.14. The van der Waals surface area contributed by atoms with Crippen molar-refractivity contribution in [3.63, 3.8) is 0 Å². The van der Waals surface area contributed by atoms with Gasteiger partial charge in [-0.1, -0.05) is 12.1 Å². The molecule has 0 fully saturated rings. The summed E-state index contributed by atoms with van der Waals surface area (Å²) in [6, 6.07) is 7.63. The second-order valence-electron chi connectivity index (χ2n) is 4.37. The van der Waals surface area contributed by atoms with Crippen LogP contribution in [0.4, 0.5) is 0 Å². The van der Waals surface area contributed by atoms with Gasteiger partial charge >= 0.3 is 5.97 Å². The molecule has 1 aromatic carbocycles. The van der Waals surface area contributed by atoms with Crippen LogP contribution in [-0.4, -0.2) is 25.0 Å². The molecule has 4 nitrogen and oxygen atoms in total. The minimum atomic E-state index is -0.732. The Balaban J connectivity index is 2.49. The van der Waals surface area contributed by atoms with Gasteiger partial charge in [-0.15, -0.1) is 0 Å². The van der Waals surface area contributed by atoms with E-state index in [4.69, 9.17) is 9.47 Å². The van der Waals surface area contributed by atoms with Crippen molar-refractivity contribution in [2.24, 2.45) is 5.92 Å². The lowest BCUT2D eigenvalue weighted by molar-refractivity contribution is -0.151. The van der Waals surface area contributed by atoms with Crippen molar-refractivity contribution >= 4 is 11.8 Å². The minimum Gasteiger partial charge on any atom is -0.494 e. The summed E-state index contributed by atoms with van der Waals surface area (Å²) in [5.41, 5.74) is 1.10. The van der Waals surface area contributed by atoms with E-state index in [0.29, 0.717) is 13.0 Å². The monoisotopic (exact) mass is 264 g/mol. The van der Waals surface area contributed by atoms with E-state index in [1.807, 2.05) is 31.2 Å². The first kappa shape index (κ1) is 15.2. The average molecular weight is 264 g/mol. The highest BCUT2D eigenvalue weighted by molar-refractivity contribution is 5.97. The molecule has 0 radical (unpaired) electrons. The minimum absolute atomic E-state index is 0.189. The van der Waals surface area contributed by atoms with Gasteiger partial charge in [-0.2, -0.15) is 0 Å². The molecule has 0 aliphatic heterocycles. The molecule has 0 bridgehead atoms. The van der Waals surface area contributed by atoms with Gasteiger partial charge in [0.05, 0.1) is 13.2 Å². The van der Waals surface area contributed by atoms with Gasteiger partial charge in [0.25, 0.3) is 0 Å². The fourth-order valence-electron chi connectivity index (χ4n) is 1.73. The first-order valence-corrected chi connectivity index (χ1v) is 6.41. The average Bonchev–Trinajstić information content (AvgIpc) is 2.34. The number of rotatable bonds is 7. The van der Waals surface area contributed by atoms with Gasteiger partial charge in [0, 0.05) is 6.42 Å². The van der Waals surface area contributed by atoms with E-state index < -0.39 is 11.9 Å². The number of carbonyl (C=O) groups excluding carboxylic acids is 2. The molecule has 0 saturated heterocycles. The Morgan fingerprint density at radius 1 is 1.32 bits per heavy atom. The Hall–Kier alpha value is -1.84. The zero-order chi connectivity index (χ0) is 14.3. The number of ketones is 1. The largest absolute Gasteiger partial charge is 0.494 e. The lowest BCUT2D eigenvalue weighted by Crippen LogP contribution is -2.26. The Kier molecular flexibility index (Phi) is 6.06. The number of benzene rings is 1. The maximum absolute atomic E-state index is 11.6. The number of Topliss-reactive ketones (excluding diaryl/α,β-unsaturated/α-hetero) is 1. The van der Waals surface area contributed by atoms with Crippen molar-refractivity contribution in [3.8, 4) is 5.75 Å². The predicted octanol–water partition coefficient (Wildman–Crippen LogP) is 2.53. The Morgan fingerprint density at radius 2 is 2.05 bits per heavy atom. The van der Waals surface area contributed by atoms with E-state index in [1.165, 1.54) is 6.92 Å². The van der Waals surface area contributed by atoms with Crippen molar-refractivity contribution in [1.82, 2.24) is 0 Å². The molecular weight excluding hydrogens is 244 g/mol. The number of carbonyl (C=O) groups is 2. The van der Waals surface area contributed by atoms with E-state index in [2.05, 4.69) is 0 Å². The molecule has 0 aromatic heterocycles. The van der Waals surface area contributed by atoms with Crippen LogP contribution in [0.15, 0.2) is 24.3 Å². The molecular formula is C15H20O4. The SMILES string of the molecule is CCOC(=O)C(CCOc1cccc(C)c1)C(C)=O. The number of esters is 1. The smallest absolute Gasteiger partial charge is 0.316 e. The Morgan fingerprint density at radius 3 is 2.63 bits per heavy atom. The van der Waals surface area contributed by atoms with Crippen molar-refractivity contribution in [1.29, 1.82) is 0 Å². The van der Waals surface area contributed by atoms with Gasteiger partial charge in [-0.25, -0.2) is 0 Å². The molecule has 0 amide bonds. The molecule has 19 heavy (non-hydrogen) atoms. The highest BCUT2D eigenvalue weighted by Gasteiger charge is 2.24. The second-order valence-corrected chi connectivity index (χ2v) is 4.37. The predicted molar refractivity (Wildman–Crippen MR) is 72.1 cm³/mol. The number of hydrogen-bond acceptors (Lipinski definition) is 4. The molecule has 0 N–H and O–H groups in total. The summed E-state index contributed by atoms with van der Waals surface area (Å²) in [5, 5.41) is 0. The van der Waals surface area contributed by atoms with Crippen LogP contribution >= 0.6 is 0 Å². The Bertz CT molecular complexity index is 440. The molecule has 0 saturated carbocycles. The first-order chi connectivity index (χ1) is 9.04. The third kappa shape index (κ3) is 5.12. The molecule has 1 unspecified atom stereocenters. The fourth-order valence-corrected chi connectivity index (χ4v) is 1.73. The Labute approximate surface area is 113 Å². The fraction of sp³-hybridized carbons (Fsp3) is 0.467. The third-order valence-corrected chi connectivity index (χ3v) is 2.73. The molecule has 4 heteroatoms. The van der Waals surface area contributed by atoms with Crippen molar-refractivity contribution in [3.05, 3.63) is 29.8 Å². The molecule has 0 heterocycles. The molecule has 0 spiro atoms. The third-order valence-electron chi connectivity index (χ3n) is 2.73. The normalized spacial score (nSPS) is 11.7. The summed E-state index contributed by atoms with van der Waals surface area (Å²) < 4.78 is 10.4. The van der Waals surface area contributed by atoms with E-state index >= 15 is 0 Å². The molecule has 1 rings (SSSR count). The number of ether oxygens (including phenoxy) is 2. The summed E-state index contributed by atoms with van der Waals surface area (Å²) in [6.07, 6.45) is 0.335. The van der Waals surface area contributed by atoms with Gasteiger partial charge in [-0.05, 0) is 38.5 Å². The van der Waals surface area contributed by atoms with E-state index in [-0.39, 0.29) is 12.4 Å². The quantitative estimate of drug-likeness (QED) is 0.561. The topological polar surface area (TPSA) is 52.6 Å². The summed E-state index contributed by atoms with van der Waals surface area (Å²) in [4.78, 5) is 23.0. The molecule has 0 aliphatic rings. The van der Waals surface area contributed by atoms with Gasteiger partial charge < -0.3 is 9.47 Å². The van der Waals surface area contributed by atoms with Crippen LogP contribution in [0.3, 0.4) is 0 Å². The zero-order valence-corrected chi connectivity index (χ0v) is 11.6. The lowest BCUT2D eigenvalue weighted by Gasteiger charge is -2.13. The van der Waals surface area contributed by atoms with Crippen molar-refractivity contribution in [2.45, 2.75) is 27.2 Å². The van der Waals surface area contributed by atoms with Crippen molar-refractivity contribution < 1.29 is 19.1 Å². The van der Waals surface area contributed by atoms with Crippen molar-refractivity contribution in [2.75, 3.05) is 13.2 Å². The lowest BCUT2D eigenvalue weighted by atomic mass is 10.0. The maximum Gasteiger partial charge on any atom is 0.316 e. The molecule has 1 aromatic rings. The van der Waals surface area contributed by atoms with Crippen LogP contribution in [0, 0.1) is 12.8 Å². The summed E-state index contributed by atoms with van der Waals surface area (Å²) in [7, 11) is 0. The number of hydrogen-bond donors (Lipinski definition) is 0. The summed E-state index contributed by atoms with van der Waals surface area (Å²) in [6.45, 7) is 5.68. The summed E-state index contributed by atoms with van der Waals surface area (Å²) in [5.74, 6) is -0.648. The first-order valence-electron chi connectivity index (χ1n) is 6.41. The van der Waals surface area contributed by atoms with Gasteiger partial charge in [0.1, 0.15) is 17.5 Å². The van der Waals surface area contributed by atoms with E-state index in [0.717, 1.165) is 11.3 Å². The van der Waals surface area contributed by atoms with Crippen LogP contribution < -0.4 is 4.74 Å². The molecule has 104 valence electrons. The van der Waals surface area contributed by atoms with Gasteiger partial charge in [-0.3, -0.25) is 9.59 Å². The maximum atomic E-state index is 11.6. The van der Waals surface area contributed by atoms with Gasteiger partial charge in [0.2, 0.25) is 0 Å². The zero-order valence-electron chi connectivity index (χ0n) is 11.6. The second kappa shape index (κ2) is 7.56. The standard InChI is InChI=1S/C15H20O4/c1-4-18-15(17)14(12(3)16)8-9-19-13-7-5-6-11(2)10-13/h5-7,10,14H,4,8-9H2,1-3H3. The van der Waals surface area contributed by atoms with E-state index in [9.17, 15) is 9.59 Å². The van der Waals surface area contributed by atoms with Crippen LogP contribution in [0.5, 0.6) is 5.75 Å². The summed E-state index contributed by atoms with van der Waals surface area (Å²) >= 11 is 0.